The molecular formula is C14H19N3O. The number of nitrogens with one attached hydrogen (secondary N) is 1. The van der Waals surface area contributed by atoms with E-state index in [0.717, 1.165) is 11.3 Å². The number of nitrogens with two attached hydrogens (primary N) is 2. The van der Waals surface area contributed by atoms with Crippen LogP contribution in [0.5, 0.6) is 5.75 Å². The number of rotatable bonds is 4. The first-order valence-electron chi connectivity index (χ1n) is 6.06. The molecule has 4 nitrogen and oxygen atoms in total. The third-order valence-electron chi connectivity index (χ3n) is 2.97. The lowest BCUT2D eigenvalue weighted by molar-refractivity contribution is 0.331. The molecule has 1 aliphatic heterocycles. The van der Waals surface area contributed by atoms with Gasteiger partial charge >= 0.3 is 0 Å². The topological polar surface area (TPSA) is 73.3 Å². The normalized spacial score (nSPS) is 22.2. The molecule has 2 rings (SSSR count). The summed E-state index contributed by atoms with van der Waals surface area (Å²) < 4.78 is 5.60. The fourth-order valence-corrected chi connectivity index (χ4v) is 1.98. The smallest absolute Gasteiger partial charge is 0.130 e. The number of hydrogen-bond donors (Lipinski definition) is 3. The Kier molecular flexibility index (Phi) is 3.58. The van der Waals surface area contributed by atoms with Crippen molar-refractivity contribution in [3.05, 3.63) is 53.9 Å². The van der Waals surface area contributed by atoms with Gasteiger partial charge in [0.1, 0.15) is 11.4 Å². The van der Waals surface area contributed by atoms with Crippen molar-refractivity contribution in [3.63, 3.8) is 0 Å². The van der Waals surface area contributed by atoms with Crippen LogP contribution in [0.4, 0.5) is 0 Å². The maximum absolute atomic E-state index is 6.29. The molecule has 0 radical (unpaired) electrons. The van der Waals surface area contributed by atoms with Crippen LogP contribution in [-0.2, 0) is 6.42 Å². The van der Waals surface area contributed by atoms with E-state index in [9.17, 15) is 0 Å². The summed E-state index contributed by atoms with van der Waals surface area (Å²) in [6.45, 7) is 2.60. The van der Waals surface area contributed by atoms with E-state index in [1.807, 2.05) is 43.3 Å². The molecule has 0 aromatic heterocycles. The Hall–Kier alpha value is -1.94. The van der Waals surface area contributed by atoms with Crippen LogP contribution in [0.15, 0.2) is 48.3 Å². The van der Waals surface area contributed by atoms with Crippen LogP contribution in [0.2, 0.25) is 0 Å². The van der Waals surface area contributed by atoms with Crippen LogP contribution in [0, 0.1) is 0 Å². The summed E-state index contributed by atoms with van der Waals surface area (Å²) in [4.78, 5) is 0. The Balaban J connectivity index is 2.23. The lowest BCUT2D eigenvalue weighted by Crippen LogP contribution is -2.57. The molecule has 0 saturated carbocycles. The number of para-hydroxylation sites is 1. The predicted molar refractivity (Wildman–Crippen MR) is 72.8 cm³/mol. The lowest BCUT2D eigenvalue weighted by atomic mass is 9.95. The third kappa shape index (κ3) is 2.49. The zero-order chi connectivity index (χ0) is 13.0. The highest BCUT2D eigenvalue weighted by Gasteiger charge is 2.29. The highest BCUT2D eigenvalue weighted by Crippen LogP contribution is 2.24. The highest BCUT2D eigenvalue weighted by atomic mass is 16.5. The number of hydrogen-bond acceptors (Lipinski definition) is 4. The molecule has 0 fully saturated rings. The van der Waals surface area contributed by atoms with Gasteiger partial charge in [-0.25, -0.2) is 0 Å². The molecule has 4 heteroatoms. The quantitative estimate of drug-likeness (QED) is 0.746. The predicted octanol–water partition coefficient (Wildman–Crippen LogP) is 1.24. The minimum atomic E-state index is -0.748. The average molecular weight is 245 g/mol. The van der Waals surface area contributed by atoms with E-state index in [-0.39, 0.29) is 0 Å². The van der Waals surface area contributed by atoms with E-state index < -0.39 is 5.66 Å². The highest BCUT2D eigenvalue weighted by molar-refractivity contribution is 5.38. The first-order chi connectivity index (χ1) is 8.65. The van der Waals surface area contributed by atoms with E-state index in [1.165, 1.54) is 0 Å². The van der Waals surface area contributed by atoms with Crippen LogP contribution in [0.25, 0.3) is 0 Å². The largest absolute Gasteiger partial charge is 0.494 e. The summed E-state index contributed by atoms with van der Waals surface area (Å²) in [5.41, 5.74) is 13.2. The summed E-state index contributed by atoms with van der Waals surface area (Å²) in [6, 6.07) is 7.87. The fourth-order valence-electron chi connectivity index (χ4n) is 1.98. The molecule has 0 amide bonds. The second-order valence-corrected chi connectivity index (χ2v) is 4.31. The molecule has 18 heavy (non-hydrogen) atoms. The second-order valence-electron chi connectivity index (χ2n) is 4.31. The first kappa shape index (κ1) is 12.5. The molecule has 1 unspecified atom stereocenters. The maximum Gasteiger partial charge on any atom is 0.130 e. The van der Waals surface area contributed by atoms with Crippen molar-refractivity contribution in [2.24, 2.45) is 11.5 Å². The van der Waals surface area contributed by atoms with Crippen LogP contribution in [0.3, 0.4) is 0 Å². The number of benzene rings is 1. The van der Waals surface area contributed by atoms with Gasteiger partial charge in [0, 0.05) is 12.1 Å². The Morgan fingerprint density at radius 3 is 2.83 bits per heavy atom. The van der Waals surface area contributed by atoms with Gasteiger partial charge in [-0.2, -0.15) is 0 Å². The van der Waals surface area contributed by atoms with Gasteiger partial charge in [-0.3, -0.25) is 0 Å². The number of ether oxygens (including phenoxy) is 1. The summed E-state index contributed by atoms with van der Waals surface area (Å²) in [5, 5.41) is 3.11. The second kappa shape index (κ2) is 5.14. The molecule has 0 aliphatic carbocycles. The molecule has 1 atom stereocenters. The minimum absolute atomic E-state index is 0.579. The van der Waals surface area contributed by atoms with Gasteiger partial charge in [0.2, 0.25) is 0 Å². The van der Waals surface area contributed by atoms with Gasteiger partial charge in [-0.1, -0.05) is 18.2 Å². The monoisotopic (exact) mass is 245 g/mol. The third-order valence-corrected chi connectivity index (χ3v) is 2.97. The van der Waals surface area contributed by atoms with Gasteiger partial charge < -0.3 is 21.5 Å². The Morgan fingerprint density at radius 1 is 1.33 bits per heavy atom. The minimum Gasteiger partial charge on any atom is -0.494 e. The Morgan fingerprint density at radius 2 is 2.11 bits per heavy atom. The van der Waals surface area contributed by atoms with E-state index >= 15 is 0 Å². The van der Waals surface area contributed by atoms with E-state index in [0.29, 0.717) is 18.7 Å². The van der Waals surface area contributed by atoms with Crippen molar-refractivity contribution in [1.29, 1.82) is 0 Å². The zero-order valence-corrected chi connectivity index (χ0v) is 10.5. The van der Waals surface area contributed by atoms with Gasteiger partial charge in [-0.05, 0) is 36.9 Å². The van der Waals surface area contributed by atoms with Crippen molar-refractivity contribution in [2.75, 3.05) is 6.61 Å². The van der Waals surface area contributed by atoms with Crippen molar-refractivity contribution < 1.29 is 4.74 Å². The molecule has 5 N–H and O–H groups in total. The average Bonchev–Trinajstić information content (AvgIpc) is 2.36. The molecule has 96 valence electrons. The Labute approximate surface area is 107 Å². The van der Waals surface area contributed by atoms with Crippen molar-refractivity contribution in [3.8, 4) is 5.75 Å². The molecule has 1 aliphatic rings. The zero-order valence-electron chi connectivity index (χ0n) is 10.5. The Bertz CT molecular complexity index is 482. The van der Waals surface area contributed by atoms with Crippen LogP contribution < -0.4 is 21.5 Å². The van der Waals surface area contributed by atoms with Gasteiger partial charge in [0.05, 0.1) is 6.61 Å². The summed E-state index contributed by atoms with van der Waals surface area (Å²) in [6.07, 6.45) is 6.05. The number of allylic oxidation sites excluding steroid dienone is 2. The van der Waals surface area contributed by atoms with Crippen molar-refractivity contribution in [2.45, 2.75) is 19.0 Å². The maximum atomic E-state index is 6.29. The SMILES string of the molecule is CCOc1ccccc1CC1(N)NC=CC=C1N. The molecule has 1 aromatic carbocycles. The molecular weight excluding hydrogens is 226 g/mol. The lowest BCUT2D eigenvalue weighted by Gasteiger charge is -2.33. The van der Waals surface area contributed by atoms with Gasteiger partial charge in [-0.15, -0.1) is 0 Å². The standard InChI is InChI=1S/C14H19N3O/c1-2-18-12-7-4-3-6-11(12)10-14(16)13(15)8-5-9-17-14/h3-9,17H,2,10,15-16H2,1H3. The fraction of sp³-hybridized carbons (Fsp3) is 0.286. The van der Waals surface area contributed by atoms with Crippen LogP contribution >= 0.6 is 0 Å². The molecule has 1 heterocycles. The molecule has 0 bridgehead atoms. The van der Waals surface area contributed by atoms with Crippen LogP contribution in [-0.4, -0.2) is 12.3 Å². The van der Waals surface area contributed by atoms with Crippen molar-refractivity contribution in [1.82, 2.24) is 5.32 Å². The van der Waals surface area contributed by atoms with E-state index in [2.05, 4.69) is 5.32 Å². The van der Waals surface area contributed by atoms with Crippen LogP contribution in [0.1, 0.15) is 12.5 Å². The molecule has 0 saturated heterocycles. The molecule has 1 aromatic rings. The summed E-state index contributed by atoms with van der Waals surface area (Å²) >= 11 is 0. The first-order valence-corrected chi connectivity index (χ1v) is 6.06. The van der Waals surface area contributed by atoms with E-state index in [1.54, 1.807) is 6.20 Å². The summed E-state index contributed by atoms with van der Waals surface area (Å²) in [7, 11) is 0. The van der Waals surface area contributed by atoms with Gasteiger partial charge in [0.15, 0.2) is 0 Å². The van der Waals surface area contributed by atoms with Crippen molar-refractivity contribution >= 4 is 0 Å². The number of dihydropyridines is 1. The summed E-state index contributed by atoms with van der Waals surface area (Å²) in [5.74, 6) is 0.856. The van der Waals surface area contributed by atoms with E-state index in [4.69, 9.17) is 16.2 Å². The molecule has 0 spiro atoms. The van der Waals surface area contributed by atoms with Gasteiger partial charge in [0.25, 0.3) is 0 Å².